The van der Waals surface area contributed by atoms with Crippen LogP contribution < -0.4 is 5.32 Å². The number of rotatable bonds is 8. The highest BCUT2D eigenvalue weighted by Gasteiger charge is 2.15. The van der Waals surface area contributed by atoms with Gasteiger partial charge in [-0.2, -0.15) is 0 Å². The van der Waals surface area contributed by atoms with Crippen LogP contribution in [0.25, 0.3) is 0 Å². The summed E-state index contributed by atoms with van der Waals surface area (Å²) in [6, 6.07) is 3.60. The minimum absolute atomic E-state index is 0.0927. The van der Waals surface area contributed by atoms with Gasteiger partial charge in [-0.25, -0.2) is 4.98 Å². The molecule has 0 saturated carbocycles. The van der Waals surface area contributed by atoms with Crippen LogP contribution in [0.4, 0.5) is 5.13 Å². The van der Waals surface area contributed by atoms with E-state index in [1.165, 1.54) is 22.7 Å². The maximum absolute atomic E-state index is 12.3. The molecule has 1 N–H and O–H groups in total. The number of nitrogens with one attached hydrogen (secondary N) is 1. The topological polar surface area (TPSA) is 62.3 Å². The molecule has 2 heterocycles. The van der Waals surface area contributed by atoms with Crippen LogP contribution in [0.1, 0.15) is 42.1 Å². The molecule has 2 aromatic rings. The molecule has 5 nitrogen and oxygen atoms in total. The Bertz CT molecular complexity index is 632. The first-order chi connectivity index (χ1) is 11.1. The van der Waals surface area contributed by atoms with Crippen molar-refractivity contribution in [3.05, 3.63) is 33.5 Å². The van der Waals surface area contributed by atoms with Crippen LogP contribution in [-0.2, 0) is 11.2 Å². The molecular formula is C16H21N3O2S2. The van der Waals surface area contributed by atoms with E-state index in [-0.39, 0.29) is 18.2 Å². The molecule has 7 heteroatoms. The lowest BCUT2D eigenvalue weighted by atomic mass is 10.2. The number of amides is 2. The van der Waals surface area contributed by atoms with Gasteiger partial charge in [0.25, 0.3) is 5.91 Å². The standard InChI is InChI=1S/C16H21N3O2S2/c1-3-7-19(8-4-2)14(20)10-12-11-23-16(17-12)18-15(21)13-6-5-9-22-13/h5-6,9,11H,3-4,7-8,10H2,1-2H3,(H,17,18,21). The molecule has 0 aliphatic heterocycles. The van der Waals surface area contributed by atoms with Crippen molar-refractivity contribution < 1.29 is 9.59 Å². The largest absolute Gasteiger partial charge is 0.342 e. The van der Waals surface area contributed by atoms with Crippen molar-refractivity contribution in [2.75, 3.05) is 18.4 Å². The number of nitrogens with zero attached hydrogens (tertiary/aromatic N) is 2. The average Bonchev–Trinajstić information content (AvgIpc) is 3.19. The summed E-state index contributed by atoms with van der Waals surface area (Å²) in [6.07, 6.45) is 2.18. The third-order valence-electron chi connectivity index (χ3n) is 3.19. The maximum Gasteiger partial charge on any atom is 0.267 e. The van der Waals surface area contributed by atoms with Gasteiger partial charge in [0.05, 0.1) is 17.0 Å². The first-order valence-corrected chi connectivity index (χ1v) is 9.47. The molecule has 0 unspecified atom stereocenters. The van der Waals surface area contributed by atoms with Gasteiger partial charge in [0, 0.05) is 18.5 Å². The van der Waals surface area contributed by atoms with Gasteiger partial charge in [-0.05, 0) is 24.3 Å². The van der Waals surface area contributed by atoms with Crippen molar-refractivity contribution in [2.24, 2.45) is 0 Å². The van der Waals surface area contributed by atoms with Gasteiger partial charge in [-0.3, -0.25) is 14.9 Å². The molecule has 0 radical (unpaired) electrons. The van der Waals surface area contributed by atoms with E-state index in [4.69, 9.17) is 0 Å². The van der Waals surface area contributed by atoms with Gasteiger partial charge in [-0.15, -0.1) is 22.7 Å². The Hall–Kier alpha value is -1.73. The van der Waals surface area contributed by atoms with Gasteiger partial charge in [0.2, 0.25) is 5.91 Å². The molecule has 0 fully saturated rings. The minimum atomic E-state index is -0.161. The quantitative estimate of drug-likeness (QED) is 0.790. The molecule has 2 amide bonds. The predicted molar refractivity (Wildman–Crippen MR) is 95.3 cm³/mol. The molecule has 2 rings (SSSR count). The fraction of sp³-hybridized carbons (Fsp3) is 0.438. The summed E-state index contributed by atoms with van der Waals surface area (Å²) in [4.78, 5) is 31.2. The van der Waals surface area contributed by atoms with E-state index >= 15 is 0 Å². The zero-order chi connectivity index (χ0) is 16.7. The normalized spacial score (nSPS) is 10.5. The number of hydrogen-bond donors (Lipinski definition) is 1. The van der Waals surface area contributed by atoms with Gasteiger partial charge >= 0.3 is 0 Å². The zero-order valence-corrected chi connectivity index (χ0v) is 15.0. The van der Waals surface area contributed by atoms with Crippen LogP contribution >= 0.6 is 22.7 Å². The molecule has 0 aromatic carbocycles. The fourth-order valence-corrected chi connectivity index (χ4v) is 3.50. The third-order valence-corrected chi connectivity index (χ3v) is 4.86. The average molecular weight is 351 g/mol. The van der Waals surface area contributed by atoms with Crippen LogP contribution in [0, 0.1) is 0 Å². The van der Waals surface area contributed by atoms with Crippen molar-refractivity contribution in [3.8, 4) is 0 Å². The van der Waals surface area contributed by atoms with Crippen molar-refractivity contribution in [3.63, 3.8) is 0 Å². The van der Waals surface area contributed by atoms with Crippen LogP contribution in [0.15, 0.2) is 22.9 Å². The number of carbonyl (C=O) groups excluding carboxylic acids is 2. The zero-order valence-electron chi connectivity index (χ0n) is 13.4. The smallest absolute Gasteiger partial charge is 0.267 e. The number of anilines is 1. The Morgan fingerprint density at radius 2 is 1.96 bits per heavy atom. The molecule has 2 aromatic heterocycles. The summed E-state index contributed by atoms with van der Waals surface area (Å²) in [5.74, 6) is -0.0686. The second-order valence-electron chi connectivity index (χ2n) is 5.13. The minimum Gasteiger partial charge on any atom is -0.342 e. The highest BCUT2D eigenvalue weighted by atomic mass is 32.1. The van der Waals surface area contributed by atoms with Crippen LogP contribution in [-0.4, -0.2) is 34.8 Å². The molecule has 0 aliphatic rings. The molecule has 0 saturated heterocycles. The number of thiophene rings is 1. The molecule has 0 atom stereocenters. The SMILES string of the molecule is CCCN(CCC)C(=O)Cc1csc(NC(=O)c2cccs2)n1. The van der Waals surface area contributed by atoms with E-state index < -0.39 is 0 Å². The van der Waals surface area contributed by atoms with E-state index in [1.54, 1.807) is 6.07 Å². The van der Waals surface area contributed by atoms with E-state index in [1.807, 2.05) is 21.7 Å². The van der Waals surface area contributed by atoms with Gasteiger partial charge in [0.15, 0.2) is 5.13 Å². The first-order valence-electron chi connectivity index (χ1n) is 7.71. The Kier molecular flexibility index (Phi) is 6.73. The summed E-state index contributed by atoms with van der Waals surface area (Å²) in [6.45, 7) is 5.69. The molecule has 0 aliphatic carbocycles. The lowest BCUT2D eigenvalue weighted by Gasteiger charge is -2.20. The summed E-state index contributed by atoms with van der Waals surface area (Å²) in [5, 5.41) is 6.99. The van der Waals surface area contributed by atoms with Gasteiger partial charge < -0.3 is 4.90 Å². The fourth-order valence-electron chi connectivity index (χ4n) is 2.18. The van der Waals surface area contributed by atoms with Crippen LogP contribution in [0.3, 0.4) is 0 Å². The summed E-state index contributed by atoms with van der Waals surface area (Å²) >= 11 is 2.73. The van der Waals surface area contributed by atoms with Crippen molar-refractivity contribution >= 4 is 39.6 Å². The highest BCUT2D eigenvalue weighted by molar-refractivity contribution is 7.14. The third kappa shape index (κ3) is 5.14. The monoisotopic (exact) mass is 351 g/mol. The molecule has 0 spiro atoms. The van der Waals surface area contributed by atoms with Crippen LogP contribution in [0.5, 0.6) is 0 Å². The Balaban J connectivity index is 1.93. The molecule has 124 valence electrons. The summed E-state index contributed by atoms with van der Waals surface area (Å²) < 4.78 is 0. The second kappa shape index (κ2) is 8.79. The number of aromatic nitrogens is 1. The Morgan fingerprint density at radius 3 is 2.57 bits per heavy atom. The van der Waals surface area contributed by atoms with Crippen molar-refractivity contribution in [1.82, 2.24) is 9.88 Å². The number of thiazole rings is 1. The van der Waals surface area contributed by atoms with Crippen molar-refractivity contribution in [2.45, 2.75) is 33.1 Å². The number of hydrogen-bond acceptors (Lipinski definition) is 5. The van der Waals surface area contributed by atoms with E-state index in [9.17, 15) is 9.59 Å². The van der Waals surface area contributed by atoms with Crippen LogP contribution in [0.2, 0.25) is 0 Å². The second-order valence-corrected chi connectivity index (χ2v) is 6.94. The van der Waals surface area contributed by atoms with E-state index in [0.29, 0.717) is 15.7 Å². The number of carbonyl (C=O) groups is 2. The van der Waals surface area contributed by atoms with E-state index in [0.717, 1.165) is 25.9 Å². The summed E-state index contributed by atoms with van der Waals surface area (Å²) in [7, 11) is 0. The van der Waals surface area contributed by atoms with Gasteiger partial charge in [-0.1, -0.05) is 19.9 Å². The lowest BCUT2D eigenvalue weighted by Crippen LogP contribution is -2.33. The molecule has 0 bridgehead atoms. The first kappa shape index (κ1) is 17.6. The molecule has 23 heavy (non-hydrogen) atoms. The Labute approximate surface area is 144 Å². The molecular weight excluding hydrogens is 330 g/mol. The Morgan fingerprint density at radius 1 is 1.22 bits per heavy atom. The van der Waals surface area contributed by atoms with Gasteiger partial charge in [0.1, 0.15) is 0 Å². The van der Waals surface area contributed by atoms with E-state index in [2.05, 4.69) is 24.1 Å². The van der Waals surface area contributed by atoms with Crippen molar-refractivity contribution in [1.29, 1.82) is 0 Å². The predicted octanol–water partition coefficient (Wildman–Crippen LogP) is 3.65. The summed E-state index contributed by atoms with van der Waals surface area (Å²) in [5.41, 5.74) is 0.707. The highest BCUT2D eigenvalue weighted by Crippen LogP contribution is 2.18. The lowest BCUT2D eigenvalue weighted by molar-refractivity contribution is -0.130. The maximum atomic E-state index is 12.3.